The molecule has 2 nitrogen and oxygen atoms in total. The number of nitrogens with one attached hydrogen (secondary N) is 1. The lowest BCUT2D eigenvalue weighted by atomic mass is 10.0. The van der Waals surface area contributed by atoms with Crippen LogP contribution < -0.4 is 11.3 Å². The van der Waals surface area contributed by atoms with E-state index in [9.17, 15) is 4.39 Å². The van der Waals surface area contributed by atoms with Crippen molar-refractivity contribution in [1.82, 2.24) is 5.43 Å². The normalized spacial score (nSPS) is 12.9. The van der Waals surface area contributed by atoms with Gasteiger partial charge in [-0.05, 0) is 30.5 Å². The number of benzene rings is 1. The van der Waals surface area contributed by atoms with Gasteiger partial charge in [0.25, 0.3) is 0 Å². The molecule has 0 amide bonds. The maximum atomic E-state index is 13.2. The first-order valence-corrected chi connectivity index (χ1v) is 4.91. The zero-order chi connectivity index (χ0) is 10.6. The number of nitrogens with two attached hydrogens (primary N) is 1. The number of hydrazine groups is 1. The third-order valence-corrected chi connectivity index (χ3v) is 2.38. The molecule has 1 aromatic rings. The van der Waals surface area contributed by atoms with Crippen molar-refractivity contribution in [2.75, 3.05) is 0 Å². The number of halogens is 1. The second kappa shape index (κ2) is 5.08. The lowest BCUT2D eigenvalue weighted by Gasteiger charge is -2.15. The van der Waals surface area contributed by atoms with E-state index in [1.54, 1.807) is 19.1 Å². The lowest BCUT2D eigenvalue weighted by molar-refractivity contribution is 0.505. The summed E-state index contributed by atoms with van der Waals surface area (Å²) in [5.41, 5.74) is 4.28. The summed E-state index contributed by atoms with van der Waals surface area (Å²) in [6, 6.07) is 5.30. The van der Waals surface area contributed by atoms with Crippen LogP contribution >= 0.6 is 0 Å². The van der Waals surface area contributed by atoms with Crippen molar-refractivity contribution in [2.24, 2.45) is 5.84 Å². The maximum absolute atomic E-state index is 13.2. The molecule has 0 fully saturated rings. The van der Waals surface area contributed by atoms with E-state index in [-0.39, 0.29) is 11.9 Å². The minimum Gasteiger partial charge on any atom is -0.271 e. The molecule has 0 radical (unpaired) electrons. The molecule has 1 atom stereocenters. The van der Waals surface area contributed by atoms with E-state index in [0.717, 1.165) is 18.4 Å². The highest BCUT2D eigenvalue weighted by molar-refractivity contribution is 5.25. The smallest absolute Gasteiger partial charge is 0.126 e. The Hall–Kier alpha value is -0.930. The van der Waals surface area contributed by atoms with Crippen LogP contribution in [0, 0.1) is 12.7 Å². The largest absolute Gasteiger partial charge is 0.271 e. The van der Waals surface area contributed by atoms with E-state index in [2.05, 4.69) is 12.3 Å². The fourth-order valence-electron chi connectivity index (χ4n) is 1.46. The minimum absolute atomic E-state index is 0.0510. The Labute approximate surface area is 84.3 Å². The van der Waals surface area contributed by atoms with Crippen molar-refractivity contribution >= 4 is 0 Å². The molecular weight excluding hydrogens is 179 g/mol. The minimum atomic E-state index is -0.168. The fraction of sp³-hybridized carbons (Fsp3) is 0.455. The van der Waals surface area contributed by atoms with Crippen molar-refractivity contribution in [3.63, 3.8) is 0 Å². The summed E-state index contributed by atoms with van der Waals surface area (Å²) in [4.78, 5) is 0. The topological polar surface area (TPSA) is 38.0 Å². The van der Waals surface area contributed by atoms with E-state index in [0.29, 0.717) is 5.56 Å². The van der Waals surface area contributed by atoms with Crippen LogP contribution in [0.1, 0.15) is 36.9 Å². The van der Waals surface area contributed by atoms with Gasteiger partial charge in [0.05, 0.1) is 0 Å². The number of hydrogen-bond acceptors (Lipinski definition) is 2. The molecule has 0 saturated carbocycles. The molecular formula is C11H17FN2. The molecule has 0 bridgehead atoms. The standard InChI is InChI=1S/C11H17FN2/c1-3-4-11(14-13)9-6-5-8(2)10(12)7-9/h5-7,11,14H,3-4,13H2,1-2H3. The van der Waals surface area contributed by atoms with Crippen molar-refractivity contribution in [3.05, 3.63) is 35.1 Å². The van der Waals surface area contributed by atoms with Gasteiger partial charge in [-0.3, -0.25) is 11.3 Å². The lowest BCUT2D eigenvalue weighted by Crippen LogP contribution is -2.27. The Morgan fingerprint density at radius 1 is 1.50 bits per heavy atom. The zero-order valence-corrected chi connectivity index (χ0v) is 8.68. The van der Waals surface area contributed by atoms with Gasteiger partial charge in [-0.25, -0.2) is 4.39 Å². The van der Waals surface area contributed by atoms with Crippen LogP contribution in [0.4, 0.5) is 4.39 Å². The first-order valence-electron chi connectivity index (χ1n) is 4.91. The number of aryl methyl sites for hydroxylation is 1. The van der Waals surface area contributed by atoms with Crippen LogP contribution in [0.3, 0.4) is 0 Å². The molecule has 0 aliphatic heterocycles. The number of hydrogen-bond donors (Lipinski definition) is 2. The molecule has 3 heteroatoms. The molecule has 78 valence electrons. The number of rotatable bonds is 4. The van der Waals surface area contributed by atoms with E-state index in [1.807, 2.05) is 6.07 Å². The monoisotopic (exact) mass is 196 g/mol. The predicted molar refractivity (Wildman–Crippen MR) is 56.1 cm³/mol. The molecule has 1 unspecified atom stereocenters. The summed E-state index contributed by atoms with van der Waals surface area (Å²) in [7, 11) is 0. The summed E-state index contributed by atoms with van der Waals surface area (Å²) in [5, 5.41) is 0. The molecule has 0 aliphatic rings. The Morgan fingerprint density at radius 2 is 2.21 bits per heavy atom. The van der Waals surface area contributed by atoms with E-state index < -0.39 is 0 Å². The van der Waals surface area contributed by atoms with Gasteiger partial charge in [-0.1, -0.05) is 25.5 Å². The molecule has 0 heterocycles. The van der Waals surface area contributed by atoms with Crippen LogP contribution in [0.5, 0.6) is 0 Å². The molecule has 1 rings (SSSR count). The highest BCUT2D eigenvalue weighted by Gasteiger charge is 2.09. The first kappa shape index (κ1) is 11.1. The first-order chi connectivity index (χ1) is 6.69. The summed E-state index contributed by atoms with van der Waals surface area (Å²) < 4.78 is 13.2. The highest BCUT2D eigenvalue weighted by Crippen LogP contribution is 2.19. The highest BCUT2D eigenvalue weighted by atomic mass is 19.1. The average Bonchev–Trinajstić information content (AvgIpc) is 2.19. The quantitative estimate of drug-likeness (QED) is 0.573. The van der Waals surface area contributed by atoms with Gasteiger partial charge >= 0.3 is 0 Å². The summed E-state index contributed by atoms with van der Waals surface area (Å²) >= 11 is 0. The second-order valence-electron chi connectivity index (χ2n) is 3.52. The Balaban J connectivity index is 2.88. The van der Waals surface area contributed by atoms with Crippen LogP contribution in [0.15, 0.2) is 18.2 Å². The third kappa shape index (κ3) is 2.53. The molecule has 0 aromatic heterocycles. The third-order valence-electron chi connectivity index (χ3n) is 2.38. The molecule has 3 N–H and O–H groups in total. The van der Waals surface area contributed by atoms with E-state index in [1.165, 1.54) is 0 Å². The van der Waals surface area contributed by atoms with Crippen molar-refractivity contribution in [1.29, 1.82) is 0 Å². The Morgan fingerprint density at radius 3 is 2.71 bits per heavy atom. The second-order valence-corrected chi connectivity index (χ2v) is 3.52. The van der Waals surface area contributed by atoms with Crippen LogP contribution in [-0.2, 0) is 0 Å². The van der Waals surface area contributed by atoms with Gasteiger partial charge in [-0.2, -0.15) is 0 Å². The van der Waals surface area contributed by atoms with Crippen LogP contribution in [0.25, 0.3) is 0 Å². The van der Waals surface area contributed by atoms with Gasteiger partial charge in [0.2, 0.25) is 0 Å². The Kier molecular flexibility index (Phi) is 4.04. The molecule has 14 heavy (non-hydrogen) atoms. The van der Waals surface area contributed by atoms with Gasteiger partial charge in [0.15, 0.2) is 0 Å². The van der Waals surface area contributed by atoms with Crippen molar-refractivity contribution < 1.29 is 4.39 Å². The van der Waals surface area contributed by atoms with Gasteiger partial charge in [0.1, 0.15) is 5.82 Å². The maximum Gasteiger partial charge on any atom is 0.126 e. The fourth-order valence-corrected chi connectivity index (χ4v) is 1.46. The SMILES string of the molecule is CCCC(NN)c1ccc(C)c(F)c1. The molecule has 0 aliphatic carbocycles. The van der Waals surface area contributed by atoms with Crippen LogP contribution in [0.2, 0.25) is 0 Å². The van der Waals surface area contributed by atoms with Gasteiger partial charge < -0.3 is 0 Å². The van der Waals surface area contributed by atoms with Gasteiger partial charge in [-0.15, -0.1) is 0 Å². The summed E-state index contributed by atoms with van der Waals surface area (Å²) in [6.45, 7) is 3.83. The van der Waals surface area contributed by atoms with Crippen molar-refractivity contribution in [2.45, 2.75) is 32.7 Å². The van der Waals surface area contributed by atoms with Crippen molar-refractivity contribution in [3.8, 4) is 0 Å². The molecule has 0 saturated heterocycles. The molecule has 0 spiro atoms. The summed E-state index contributed by atoms with van der Waals surface area (Å²) in [6.07, 6.45) is 1.93. The van der Waals surface area contributed by atoms with E-state index >= 15 is 0 Å². The average molecular weight is 196 g/mol. The Bertz CT molecular complexity index is 299. The predicted octanol–water partition coefficient (Wildman–Crippen LogP) is 2.44. The zero-order valence-electron chi connectivity index (χ0n) is 8.68. The summed E-state index contributed by atoms with van der Waals surface area (Å²) in [5.74, 6) is 5.24. The van der Waals surface area contributed by atoms with Crippen LogP contribution in [-0.4, -0.2) is 0 Å². The molecule has 1 aromatic carbocycles. The van der Waals surface area contributed by atoms with E-state index in [4.69, 9.17) is 5.84 Å². The van der Waals surface area contributed by atoms with Gasteiger partial charge in [0, 0.05) is 6.04 Å².